The van der Waals surface area contributed by atoms with Crippen LogP contribution in [0.15, 0.2) is 65.0 Å². The van der Waals surface area contributed by atoms with Gasteiger partial charge in [-0.05, 0) is 36.4 Å². The number of amides is 1. The van der Waals surface area contributed by atoms with Crippen molar-refractivity contribution >= 4 is 28.1 Å². The maximum atomic E-state index is 13.1. The Morgan fingerprint density at radius 2 is 1.79 bits per heavy atom. The van der Waals surface area contributed by atoms with E-state index < -0.39 is 0 Å². The molecule has 0 saturated carbocycles. The van der Waals surface area contributed by atoms with Gasteiger partial charge in [0.15, 0.2) is 0 Å². The van der Waals surface area contributed by atoms with Gasteiger partial charge in [0.2, 0.25) is 5.91 Å². The van der Waals surface area contributed by atoms with E-state index in [2.05, 4.69) is 14.9 Å². The first-order chi connectivity index (χ1) is 16.6. The number of hydrogen-bond donors (Lipinski definition) is 0. The number of para-hydroxylation sites is 1. The Morgan fingerprint density at radius 3 is 2.59 bits per heavy atom. The molecule has 0 spiro atoms. The Kier molecular flexibility index (Phi) is 6.46. The summed E-state index contributed by atoms with van der Waals surface area (Å²) in [6.07, 6.45) is 1.79. The Labute approximate surface area is 200 Å². The third-order valence-corrected chi connectivity index (χ3v) is 6.91. The van der Waals surface area contributed by atoms with Crippen molar-refractivity contribution < 1.29 is 9.18 Å². The molecular weight excluding hydrogens is 453 g/mol. The van der Waals surface area contributed by atoms with E-state index in [4.69, 9.17) is 0 Å². The number of aryl methyl sites for hydroxylation is 1. The Morgan fingerprint density at radius 1 is 1.03 bits per heavy atom. The van der Waals surface area contributed by atoms with E-state index in [-0.39, 0.29) is 23.7 Å². The Balaban J connectivity index is 1.12. The number of halogens is 1. The highest BCUT2D eigenvalue weighted by Crippen LogP contribution is 2.23. The fourth-order valence-electron chi connectivity index (χ4n) is 4.12. The van der Waals surface area contributed by atoms with E-state index >= 15 is 0 Å². The molecule has 0 bridgehead atoms. The van der Waals surface area contributed by atoms with Crippen molar-refractivity contribution in [3.63, 3.8) is 0 Å². The summed E-state index contributed by atoms with van der Waals surface area (Å²) >= 11 is 1.59. The molecule has 9 heteroatoms. The van der Waals surface area contributed by atoms with Gasteiger partial charge in [-0.1, -0.05) is 12.1 Å². The molecule has 0 N–H and O–H groups in total. The van der Waals surface area contributed by atoms with Gasteiger partial charge in [-0.15, -0.1) is 11.3 Å². The van der Waals surface area contributed by atoms with Crippen LogP contribution in [-0.2, 0) is 17.9 Å². The van der Waals surface area contributed by atoms with Crippen molar-refractivity contribution in [1.82, 2.24) is 24.3 Å². The Bertz CT molecular complexity index is 1360. The molecule has 34 heavy (non-hydrogen) atoms. The number of aromatic nitrogens is 3. The first kappa shape index (κ1) is 22.4. The molecule has 2 aromatic carbocycles. The Hall–Kier alpha value is -3.43. The number of carbonyl (C=O) groups is 1. The zero-order valence-corrected chi connectivity index (χ0v) is 19.4. The molecular formula is C25H24FN5O2S. The third-order valence-electron chi connectivity index (χ3n) is 6.07. The number of benzene rings is 2. The smallest absolute Gasteiger partial charge is 0.261 e. The van der Waals surface area contributed by atoms with Crippen molar-refractivity contribution in [1.29, 1.82) is 0 Å². The minimum atomic E-state index is -0.257. The van der Waals surface area contributed by atoms with Crippen molar-refractivity contribution in [2.24, 2.45) is 0 Å². The molecule has 1 aliphatic heterocycles. The molecule has 1 fully saturated rings. The van der Waals surface area contributed by atoms with Crippen LogP contribution < -0.4 is 5.56 Å². The first-order valence-corrected chi connectivity index (χ1v) is 12.1. The van der Waals surface area contributed by atoms with Gasteiger partial charge in [-0.3, -0.25) is 19.1 Å². The molecule has 1 amide bonds. The number of thiazole rings is 1. The first-order valence-electron chi connectivity index (χ1n) is 11.2. The maximum Gasteiger partial charge on any atom is 0.261 e. The standard InChI is InChI=1S/C25H24FN5O2S/c26-19-7-5-18(6-8-19)22-16-34-23(28-22)15-29-11-13-30(14-12-29)24(32)9-10-31-17-27-21-4-2-1-3-20(21)25(31)33/h1-8,16-17H,9-15H2. The summed E-state index contributed by atoms with van der Waals surface area (Å²) in [4.78, 5) is 38.5. The van der Waals surface area contributed by atoms with E-state index in [1.807, 2.05) is 22.4 Å². The lowest BCUT2D eigenvalue weighted by molar-refractivity contribution is -0.133. The van der Waals surface area contributed by atoms with Gasteiger partial charge in [-0.2, -0.15) is 0 Å². The van der Waals surface area contributed by atoms with Crippen molar-refractivity contribution in [2.75, 3.05) is 26.2 Å². The molecule has 3 heterocycles. The van der Waals surface area contributed by atoms with Crippen LogP contribution in [-0.4, -0.2) is 56.4 Å². The van der Waals surface area contributed by atoms with Crippen LogP contribution in [0, 0.1) is 5.82 Å². The van der Waals surface area contributed by atoms with Crippen molar-refractivity contribution in [3.05, 3.63) is 81.4 Å². The van der Waals surface area contributed by atoms with Crippen LogP contribution >= 0.6 is 11.3 Å². The molecule has 0 unspecified atom stereocenters. The van der Waals surface area contributed by atoms with Gasteiger partial charge in [-0.25, -0.2) is 14.4 Å². The van der Waals surface area contributed by atoms with Crippen LogP contribution in [0.5, 0.6) is 0 Å². The lowest BCUT2D eigenvalue weighted by Crippen LogP contribution is -2.48. The molecule has 1 aliphatic rings. The highest BCUT2D eigenvalue weighted by atomic mass is 32.1. The van der Waals surface area contributed by atoms with Gasteiger partial charge >= 0.3 is 0 Å². The molecule has 174 valence electrons. The van der Waals surface area contributed by atoms with Gasteiger partial charge in [0.1, 0.15) is 10.8 Å². The van der Waals surface area contributed by atoms with Gasteiger partial charge in [0.05, 0.1) is 29.5 Å². The quantitative estimate of drug-likeness (QED) is 0.426. The predicted octanol–water partition coefficient (Wildman–Crippen LogP) is 3.39. The summed E-state index contributed by atoms with van der Waals surface area (Å²) < 4.78 is 14.7. The van der Waals surface area contributed by atoms with Crippen LogP contribution in [0.4, 0.5) is 4.39 Å². The average molecular weight is 478 g/mol. The number of nitrogens with zero attached hydrogens (tertiary/aromatic N) is 5. The number of hydrogen-bond acceptors (Lipinski definition) is 6. The lowest BCUT2D eigenvalue weighted by atomic mass is 10.2. The summed E-state index contributed by atoms with van der Waals surface area (Å²) in [6, 6.07) is 13.6. The molecule has 5 rings (SSSR count). The van der Waals surface area contributed by atoms with E-state index in [0.717, 1.165) is 35.9 Å². The highest BCUT2D eigenvalue weighted by Gasteiger charge is 2.22. The minimum absolute atomic E-state index is 0.0487. The molecule has 0 aliphatic carbocycles. The fraction of sp³-hybridized carbons (Fsp3) is 0.280. The zero-order chi connectivity index (χ0) is 23.5. The predicted molar refractivity (Wildman–Crippen MR) is 130 cm³/mol. The second-order valence-corrected chi connectivity index (χ2v) is 9.24. The molecule has 0 atom stereocenters. The second-order valence-electron chi connectivity index (χ2n) is 8.30. The van der Waals surface area contributed by atoms with Crippen LogP contribution in [0.2, 0.25) is 0 Å². The number of fused-ring (bicyclic) bond motifs is 1. The van der Waals surface area contributed by atoms with E-state index in [9.17, 15) is 14.0 Å². The van der Waals surface area contributed by atoms with Crippen LogP contribution in [0.1, 0.15) is 11.4 Å². The summed E-state index contributed by atoms with van der Waals surface area (Å²) in [7, 11) is 0. The van der Waals surface area contributed by atoms with Crippen LogP contribution in [0.3, 0.4) is 0 Å². The van der Waals surface area contributed by atoms with E-state index in [0.29, 0.717) is 30.5 Å². The van der Waals surface area contributed by atoms with Gasteiger partial charge in [0, 0.05) is 50.1 Å². The van der Waals surface area contributed by atoms with Crippen LogP contribution in [0.25, 0.3) is 22.2 Å². The maximum absolute atomic E-state index is 13.1. The van der Waals surface area contributed by atoms with Crippen molar-refractivity contribution in [3.8, 4) is 11.3 Å². The molecule has 7 nitrogen and oxygen atoms in total. The minimum Gasteiger partial charge on any atom is -0.340 e. The highest BCUT2D eigenvalue weighted by molar-refractivity contribution is 7.09. The topological polar surface area (TPSA) is 71.3 Å². The normalized spacial score (nSPS) is 14.6. The summed E-state index contributed by atoms with van der Waals surface area (Å²) in [5.41, 5.74) is 2.30. The lowest BCUT2D eigenvalue weighted by Gasteiger charge is -2.34. The number of piperazine rings is 1. The molecule has 0 radical (unpaired) electrons. The average Bonchev–Trinajstić information content (AvgIpc) is 3.33. The molecule has 4 aromatic rings. The molecule has 2 aromatic heterocycles. The van der Waals surface area contributed by atoms with Gasteiger partial charge in [0.25, 0.3) is 5.56 Å². The largest absolute Gasteiger partial charge is 0.340 e. The molecule has 1 saturated heterocycles. The summed E-state index contributed by atoms with van der Waals surface area (Å²) in [5.74, 6) is -0.208. The van der Waals surface area contributed by atoms with Gasteiger partial charge < -0.3 is 4.90 Å². The zero-order valence-electron chi connectivity index (χ0n) is 18.6. The SMILES string of the molecule is O=C(CCn1cnc2ccccc2c1=O)N1CCN(Cc2nc(-c3ccc(F)cc3)cs2)CC1. The monoisotopic (exact) mass is 477 g/mol. The van der Waals surface area contributed by atoms with E-state index in [1.165, 1.54) is 23.0 Å². The third kappa shape index (κ3) is 4.90. The van der Waals surface area contributed by atoms with E-state index in [1.54, 1.807) is 35.6 Å². The summed E-state index contributed by atoms with van der Waals surface area (Å²) in [6.45, 7) is 3.90. The fourth-order valence-corrected chi connectivity index (χ4v) is 4.97. The number of carbonyl (C=O) groups excluding carboxylic acids is 1. The second kappa shape index (κ2) is 9.82. The number of rotatable bonds is 6. The summed E-state index contributed by atoms with van der Waals surface area (Å²) in [5, 5.41) is 3.56. The van der Waals surface area contributed by atoms with Crippen molar-refractivity contribution in [2.45, 2.75) is 19.5 Å².